The van der Waals surface area contributed by atoms with Crippen LogP contribution in [0, 0.1) is 5.92 Å². The molecule has 1 aliphatic carbocycles. The van der Waals surface area contributed by atoms with E-state index in [9.17, 15) is 9.59 Å². The Hall–Kier alpha value is -1.88. The van der Waals surface area contributed by atoms with Gasteiger partial charge in [-0.25, -0.2) is 0 Å². The molecule has 0 bridgehead atoms. The monoisotopic (exact) mass is 355 g/mol. The third-order valence-corrected chi connectivity index (χ3v) is 6.46. The van der Waals surface area contributed by atoms with Crippen molar-refractivity contribution in [2.75, 3.05) is 26.7 Å². The third kappa shape index (κ3) is 3.25. The Morgan fingerprint density at radius 2 is 2.04 bits per heavy atom. The predicted molar refractivity (Wildman–Crippen MR) is 101 cm³/mol. The summed E-state index contributed by atoms with van der Waals surface area (Å²) in [6.07, 6.45) is 5.02. The number of nitrogens with zero attached hydrogens (tertiary/aromatic N) is 2. The van der Waals surface area contributed by atoms with Crippen LogP contribution < -0.4 is 5.32 Å². The molecule has 0 radical (unpaired) electrons. The SMILES string of the molecule is C[C@@H]1C[C@H](C(=O)N2CC[C@@H](NC(=O)c3cccc4c3CCC4)C2)CN1C. The number of hydrogen-bond acceptors (Lipinski definition) is 3. The highest BCUT2D eigenvalue weighted by atomic mass is 16.2. The van der Waals surface area contributed by atoms with Gasteiger partial charge in [0.1, 0.15) is 0 Å². The quantitative estimate of drug-likeness (QED) is 0.900. The number of carbonyl (C=O) groups is 2. The molecule has 1 N–H and O–H groups in total. The van der Waals surface area contributed by atoms with Crippen molar-refractivity contribution in [3.8, 4) is 0 Å². The number of amides is 2. The number of nitrogens with one attached hydrogen (secondary N) is 1. The maximum Gasteiger partial charge on any atom is 0.251 e. The molecule has 0 aromatic heterocycles. The largest absolute Gasteiger partial charge is 0.347 e. The molecular formula is C21H29N3O2. The van der Waals surface area contributed by atoms with Crippen molar-refractivity contribution in [3.05, 3.63) is 34.9 Å². The Morgan fingerprint density at radius 3 is 2.81 bits per heavy atom. The van der Waals surface area contributed by atoms with E-state index in [0.29, 0.717) is 12.6 Å². The normalized spacial score (nSPS) is 28.4. The van der Waals surface area contributed by atoms with Gasteiger partial charge in [-0.05, 0) is 63.3 Å². The molecule has 1 aromatic carbocycles. The van der Waals surface area contributed by atoms with Crippen LogP contribution in [0.2, 0.25) is 0 Å². The van der Waals surface area contributed by atoms with Crippen LogP contribution in [-0.4, -0.2) is 60.4 Å². The Morgan fingerprint density at radius 1 is 1.19 bits per heavy atom. The topological polar surface area (TPSA) is 52.7 Å². The zero-order valence-corrected chi connectivity index (χ0v) is 15.8. The van der Waals surface area contributed by atoms with Crippen LogP contribution in [0.3, 0.4) is 0 Å². The second-order valence-corrected chi connectivity index (χ2v) is 8.26. The second kappa shape index (κ2) is 7.03. The van der Waals surface area contributed by atoms with Crippen LogP contribution in [0.4, 0.5) is 0 Å². The lowest BCUT2D eigenvalue weighted by Gasteiger charge is -2.21. The van der Waals surface area contributed by atoms with Crippen LogP contribution >= 0.6 is 0 Å². The number of fused-ring (bicyclic) bond motifs is 1. The van der Waals surface area contributed by atoms with Gasteiger partial charge in [0.05, 0.1) is 5.92 Å². The van der Waals surface area contributed by atoms with E-state index in [1.54, 1.807) is 0 Å². The van der Waals surface area contributed by atoms with E-state index in [1.165, 1.54) is 11.1 Å². The average molecular weight is 355 g/mol. The van der Waals surface area contributed by atoms with Crippen molar-refractivity contribution >= 4 is 11.8 Å². The first-order valence-electron chi connectivity index (χ1n) is 9.93. The molecule has 140 valence electrons. The number of rotatable bonds is 3. The molecule has 2 heterocycles. The molecule has 26 heavy (non-hydrogen) atoms. The van der Waals surface area contributed by atoms with Gasteiger partial charge in [-0.15, -0.1) is 0 Å². The maximum atomic E-state index is 12.8. The summed E-state index contributed by atoms with van der Waals surface area (Å²) in [5.41, 5.74) is 3.37. The van der Waals surface area contributed by atoms with Gasteiger partial charge in [0.25, 0.3) is 5.91 Å². The van der Waals surface area contributed by atoms with E-state index in [0.717, 1.165) is 50.8 Å². The Balaban J connectivity index is 1.35. The van der Waals surface area contributed by atoms with Crippen molar-refractivity contribution in [1.29, 1.82) is 0 Å². The van der Waals surface area contributed by atoms with E-state index in [-0.39, 0.29) is 23.8 Å². The highest BCUT2D eigenvalue weighted by molar-refractivity contribution is 5.96. The Bertz CT molecular complexity index is 707. The summed E-state index contributed by atoms with van der Waals surface area (Å²) in [4.78, 5) is 29.8. The maximum absolute atomic E-state index is 12.8. The van der Waals surface area contributed by atoms with Crippen molar-refractivity contribution in [3.63, 3.8) is 0 Å². The zero-order chi connectivity index (χ0) is 18.3. The highest BCUT2D eigenvalue weighted by Gasteiger charge is 2.37. The average Bonchev–Trinajstić information content (AvgIpc) is 3.34. The molecule has 0 saturated carbocycles. The molecule has 3 aliphatic rings. The van der Waals surface area contributed by atoms with Crippen molar-refractivity contribution in [2.24, 2.45) is 5.92 Å². The summed E-state index contributed by atoms with van der Waals surface area (Å²) in [7, 11) is 2.09. The fraction of sp³-hybridized carbons (Fsp3) is 0.619. The van der Waals surface area contributed by atoms with E-state index in [1.807, 2.05) is 17.0 Å². The van der Waals surface area contributed by atoms with E-state index >= 15 is 0 Å². The third-order valence-electron chi connectivity index (χ3n) is 6.46. The summed E-state index contributed by atoms with van der Waals surface area (Å²) >= 11 is 0. The van der Waals surface area contributed by atoms with E-state index < -0.39 is 0 Å². The number of hydrogen-bond donors (Lipinski definition) is 1. The number of aryl methyl sites for hydroxylation is 1. The molecule has 3 atom stereocenters. The minimum absolute atomic E-state index is 0.0253. The van der Waals surface area contributed by atoms with Gasteiger partial charge in [-0.3, -0.25) is 9.59 Å². The van der Waals surface area contributed by atoms with Gasteiger partial charge >= 0.3 is 0 Å². The van der Waals surface area contributed by atoms with Crippen molar-refractivity contribution in [1.82, 2.24) is 15.1 Å². The molecule has 5 nitrogen and oxygen atoms in total. The Labute approximate surface area is 155 Å². The van der Waals surface area contributed by atoms with Gasteiger partial charge in [0.15, 0.2) is 0 Å². The predicted octanol–water partition coefficient (Wildman–Crippen LogP) is 1.85. The lowest BCUT2D eigenvalue weighted by atomic mass is 10.0. The first-order chi connectivity index (χ1) is 12.5. The molecule has 2 fully saturated rings. The molecule has 2 aliphatic heterocycles. The minimum Gasteiger partial charge on any atom is -0.347 e. The van der Waals surface area contributed by atoms with Crippen LogP contribution in [0.1, 0.15) is 47.7 Å². The smallest absolute Gasteiger partial charge is 0.251 e. The number of benzene rings is 1. The molecule has 2 saturated heterocycles. The summed E-state index contributed by atoms with van der Waals surface area (Å²) in [6, 6.07) is 6.60. The van der Waals surface area contributed by atoms with Crippen LogP contribution in [0.5, 0.6) is 0 Å². The molecule has 2 amide bonds. The molecule has 5 heteroatoms. The van der Waals surface area contributed by atoms with Gasteiger partial charge in [-0.1, -0.05) is 12.1 Å². The van der Waals surface area contributed by atoms with Gasteiger partial charge in [0, 0.05) is 37.3 Å². The first-order valence-corrected chi connectivity index (χ1v) is 9.93. The molecule has 4 rings (SSSR count). The van der Waals surface area contributed by atoms with Crippen molar-refractivity contribution in [2.45, 2.75) is 51.1 Å². The number of likely N-dealkylation sites (tertiary alicyclic amines) is 2. The lowest BCUT2D eigenvalue weighted by molar-refractivity contribution is -0.134. The summed E-state index contributed by atoms with van der Waals surface area (Å²) in [5.74, 6) is 0.401. The second-order valence-electron chi connectivity index (χ2n) is 8.26. The highest BCUT2D eigenvalue weighted by Crippen LogP contribution is 2.27. The van der Waals surface area contributed by atoms with Crippen LogP contribution in [0.15, 0.2) is 18.2 Å². The fourth-order valence-electron chi connectivity index (χ4n) is 4.80. The molecule has 0 unspecified atom stereocenters. The zero-order valence-electron chi connectivity index (χ0n) is 15.8. The lowest BCUT2D eigenvalue weighted by Crippen LogP contribution is -2.40. The van der Waals surface area contributed by atoms with E-state index in [4.69, 9.17) is 0 Å². The van der Waals surface area contributed by atoms with Gasteiger partial charge in [0.2, 0.25) is 5.91 Å². The summed E-state index contributed by atoms with van der Waals surface area (Å²) in [5, 5.41) is 3.17. The van der Waals surface area contributed by atoms with E-state index in [2.05, 4.69) is 30.3 Å². The van der Waals surface area contributed by atoms with Gasteiger partial charge < -0.3 is 15.1 Å². The standard InChI is InChI=1S/C21H29N3O2/c1-14-11-16(12-23(14)2)21(26)24-10-9-17(13-24)22-20(25)19-8-4-6-15-5-3-7-18(15)19/h4,6,8,14,16-17H,3,5,7,9-13H2,1-2H3,(H,22,25)/t14-,16+,17-/m1/s1. The Kier molecular flexibility index (Phi) is 4.74. The summed E-state index contributed by atoms with van der Waals surface area (Å²) in [6.45, 7) is 4.43. The summed E-state index contributed by atoms with van der Waals surface area (Å²) < 4.78 is 0. The van der Waals surface area contributed by atoms with Crippen molar-refractivity contribution < 1.29 is 9.59 Å². The van der Waals surface area contributed by atoms with Crippen LogP contribution in [-0.2, 0) is 17.6 Å². The molecular weight excluding hydrogens is 326 g/mol. The number of carbonyl (C=O) groups excluding carboxylic acids is 2. The van der Waals surface area contributed by atoms with Gasteiger partial charge in [-0.2, -0.15) is 0 Å². The first kappa shape index (κ1) is 17.5. The minimum atomic E-state index is 0.0253. The van der Waals surface area contributed by atoms with Crippen LogP contribution in [0.25, 0.3) is 0 Å². The molecule has 1 aromatic rings. The molecule has 0 spiro atoms. The fourth-order valence-corrected chi connectivity index (χ4v) is 4.80.